The molecule has 1 aliphatic heterocycles. The lowest BCUT2D eigenvalue weighted by Crippen LogP contribution is -2.40. The lowest BCUT2D eigenvalue weighted by Gasteiger charge is -2.29. The lowest BCUT2D eigenvalue weighted by molar-refractivity contribution is -0.108. The quantitative estimate of drug-likeness (QED) is 0.524. The number of aromatic nitrogens is 2. The number of para-hydroxylation sites is 1. The fourth-order valence-electron chi connectivity index (χ4n) is 4.24. The summed E-state index contributed by atoms with van der Waals surface area (Å²) in [5.74, 6) is 0.0304. The number of aryl methyl sites for hydroxylation is 1. The second-order valence-electron chi connectivity index (χ2n) is 6.98. The van der Waals surface area contributed by atoms with Gasteiger partial charge in [0.15, 0.2) is 0 Å². The van der Waals surface area contributed by atoms with Gasteiger partial charge in [0.2, 0.25) is 0 Å². The average Bonchev–Trinajstić information content (AvgIpc) is 3.22. The molecule has 134 valence electrons. The topological polar surface area (TPSA) is 47.2 Å². The number of fused-ring (bicyclic) bond motifs is 4. The molecule has 0 unspecified atom stereocenters. The zero-order chi connectivity index (χ0) is 18.5. The minimum Gasteiger partial charge on any atom is -0.340 e. The Morgan fingerprint density at radius 2 is 1.89 bits per heavy atom. The molecule has 3 heterocycles. The average molecular weight is 357 g/mol. The molecule has 5 nitrogen and oxygen atoms in total. The van der Waals surface area contributed by atoms with Gasteiger partial charge in [-0.05, 0) is 42.1 Å². The molecule has 5 rings (SSSR count). The molecule has 0 fully saturated rings. The largest absolute Gasteiger partial charge is 0.340 e. The normalized spacial score (nSPS) is 14.1. The highest BCUT2D eigenvalue weighted by Gasteiger charge is 2.30. The Balaban J connectivity index is 1.62. The number of carbonyl (C=O) groups excluding carboxylic acids is 2. The van der Waals surface area contributed by atoms with Crippen molar-refractivity contribution < 1.29 is 9.59 Å². The van der Waals surface area contributed by atoms with Gasteiger partial charge in [-0.25, -0.2) is 0 Å². The molecule has 5 heteroatoms. The molecule has 0 atom stereocenters. The molecular formula is C22H19N3O2. The van der Waals surface area contributed by atoms with Gasteiger partial charge in [-0.1, -0.05) is 24.3 Å². The number of nitrogens with zero attached hydrogens (tertiary/aromatic N) is 3. The maximum Gasteiger partial charge on any atom is 0.275 e. The first-order chi connectivity index (χ1) is 13.2. The van der Waals surface area contributed by atoms with Crippen LogP contribution in [0.1, 0.15) is 16.1 Å². The first-order valence-electron chi connectivity index (χ1n) is 9.11. The Hall–Kier alpha value is -3.34. The first-order valence-corrected chi connectivity index (χ1v) is 9.11. The molecule has 0 radical (unpaired) electrons. The monoisotopic (exact) mass is 357 g/mol. The molecule has 27 heavy (non-hydrogen) atoms. The van der Waals surface area contributed by atoms with E-state index < -0.39 is 0 Å². The molecule has 0 spiro atoms. The molecule has 1 aliphatic rings. The molecule has 0 aliphatic carbocycles. The molecule has 0 N–H and O–H groups in total. The van der Waals surface area contributed by atoms with E-state index in [2.05, 4.69) is 16.7 Å². The second kappa shape index (κ2) is 5.84. The molecule has 0 saturated heterocycles. The Kier molecular flexibility index (Phi) is 3.44. The fourth-order valence-corrected chi connectivity index (χ4v) is 4.24. The number of rotatable bonds is 3. The van der Waals surface area contributed by atoms with E-state index in [4.69, 9.17) is 0 Å². The minimum atomic E-state index is 0.0304. The summed E-state index contributed by atoms with van der Waals surface area (Å²) in [6, 6.07) is 16.2. The number of anilines is 1. The highest BCUT2D eigenvalue weighted by Crippen LogP contribution is 2.32. The van der Waals surface area contributed by atoms with E-state index in [1.54, 1.807) is 0 Å². The smallest absolute Gasteiger partial charge is 0.275 e. The summed E-state index contributed by atoms with van der Waals surface area (Å²) in [6.07, 6.45) is 2.79. The van der Waals surface area contributed by atoms with E-state index in [9.17, 15) is 9.59 Å². The summed E-state index contributed by atoms with van der Waals surface area (Å²) in [6.45, 7) is 3.73. The number of carbonyl (C=O) groups is 2. The highest BCUT2D eigenvalue weighted by molar-refractivity contribution is 6.11. The predicted octanol–water partition coefficient (Wildman–Crippen LogP) is 3.76. The van der Waals surface area contributed by atoms with Gasteiger partial charge in [-0.3, -0.25) is 4.79 Å². The van der Waals surface area contributed by atoms with Crippen LogP contribution in [-0.4, -0.2) is 27.9 Å². The van der Waals surface area contributed by atoms with Gasteiger partial charge >= 0.3 is 0 Å². The Bertz CT molecular complexity index is 1220. The van der Waals surface area contributed by atoms with Gasteiger partial charge in [0, 0.05) is 35.9 Å². The van der Waals surface area contributed by atoms with Crippen LogP contribution in [0.3, 0.4) is 0 Å². The van der Waals surface area contributed by atoms with Gasteiger partial charge in [-0.2, -0.15) is 0 Å². The van der Waals surface area contributed by atoms with Crippen molar-refractivity contribution in [3.63, 3.8) is 0 Å². The van der Waals surface area contributed by atoms with Crippen molar-refractivity contribution in [2.45, 2.75) is 20.0 Å². The van der Waals surface area contributed by atoms with Crippen molar-refractivity contribution in [3.05, 3.63) is 66.0 Å². The van der Waals surface area contributed by atoms with Crippen molar-refractivity contribution in [2.24, 2.45) is 0 Å². The first kappa shape index (κ1) is 15.9. The van der Waals surface area contributed by atoms with Crippen LogP contribution in [-0.2, 0) is 17.9 Å². The lowest BCUT2D eigenvalue weighted by atomic mass is 10.1. The van der Waals surface area contributed by atoms with Crippen LogP contribution in [0.15, 0.2) is 54.7 Å². The van der Waals surface area contributed by atoms with Crippen molar-refractivity contribution in [1.29, 1.82) is 0 Å². The van der Waals surface area contributed by atoms with Crippen LogP contribution in [0.4, 0.5) is 5.69 Å². The van der Waals surface area contributed by atoms with Crippen LogP contribution in [0, 0.1) is 6.92 Å². The van der Waals surface area contributed by atoms with Crippen molar-refractivity contribution in [2.75, 3.05) is 11.4 Å². The SMILES string of the molecule is Cc1c2n(c3ccccc13)CCN(c1ccc3ccn(CC=O)c3c1)C2=O. The maximum atomic E-state index is 13.3. The fraction of sp³-hybridized carbons (Fsp3) is 0.182. The molecular weight excluding hydrogens is 338 g/mol. The van der Waals surface area contributed by atoms with Crippen LogP contribution in [0.5, 0.6) is 0 Å². The van der Waals surface area contributed by atoms with Crippen molar-refractivity contribution in [3.8, 4) is 0 Å². The summed E-state index contributed by atoms with van der Waals surface area (Å²) >= 11 is 0. The summed E-state index contributed by atoms with van der Waals surface area (Å²) < 4.78 is 4.04. The Morgan fingerprint density at radius 1 is 1.04 bits per heavy atom. The number of aldehydes is 1. The number of amides is 1. The molecule has 0 saturated carbocycles. The van der Waals surface area contributed by atoms with Crippen molar-refractivity contribution >= 4 is 39.7 Å². The third-order valence-corrected chi connectivity index (χ3v) is 5.56. The summed E-state index contributed by atoms with van der Waals surface area (Å²) in [5, 5.41) is 2.20. The van der Waals surface area contributed by atoms with Crippen LogP contribution in [0.2, 0.25) is 0 Å². The van der Waals surface area contributed by atoms with Crippen molar-refractivity contribution in [1.82, 2.24) is 9.13 Å². The highest BCUT2D eigenvalue weighted by atomic mass is 16.2. The van der Waals surface area contributed by atoms with E-state index >= 15 is 0 Å². The molecule has 0 bridgehead atoms. The number of benzene rings is 2. The standard InChI is InChI=1S/C22H19N3O2/c1-15-18-4-2-3-5-19(18)25-11-10-24(22(27)21(15)25)17-7-6-16-8-9-23(12-13-26)20(16)14-17/h2-9,13-14H,10-12H2,1H3. The third-order valence-electron chi connectivity index (χ3n) is 5.56. The zero-order valence-electron chi connectivity index (χ0n) is 15.1. The third kappa shape index (κ3) is 2.24. The Labute approximate surface area is 156 Å². The van der Waals surface area contributed by atoms with E-state index in [0.717, 1.165) is 51.6 Å². The number of hydrogen-bond acceptors (Lipinski definition) is 2. The second-order valence-corrected chi connectivity index (χ2v) is 6.98. The van der Waals surface area contributed by atoms with E-state index in [-0.39, 0.29) is 5.91 Å². The predicted molar refractivity (Wildman–Crippen MR) is 106 cm³/mol. The minimum absolute atomic E-state index is 0.0304. The Morgan fingerprint density at radius 3 is 2.74 bits per heavy atom. The van der Waals surface area contributed by atoms with E-state index in [1.807, 2.05) is 59.0 Å². The molecule has 2 aromatic carbocycles. The van der Waals surface area contributed by atoms with Gasteiger partial charge in [0.25, 0.3) is 5.91 Å². The van der Waals surface area contributed by atoms with E-state index in [1.165, 1.54) is 0 Å². The van der Waals surface area contributed by atoms with Gasteiger partial charge in [0.1, 0.15) is 12.0 Å². The number of hydrogen-bond donors (Lipinski definition) is 0. The van der Waals surface area contributed by atoms with E-state index in [0.29, 0.717) is 13.1 Å². The van der Waals surface area contributed by atoms with Gasteiger partial charge < -0.3 is 18.8 Å². The van der Waals surface area contributed by atoms with Crippen LogP contribution >= 0.6 is 0 Å². The summed E-state index contributed by atoms with van der Waals surface area (Å²) in [5.41, 5.74) is 4.76. The molecule has 4 aromatic rings. The zero-order valence-corrected chi connectivity index (χ0v) is 15.1. The summed E-state index contributed by atoms with van der Waals surface area (Å²) in [7, 11) is 0. The maximum absolute atomic E-state index is 13.3. The van der Waals surface area contributed by atoms with Crippen LogP contribution in [0.25, 0.3) is 21.8 Å². The molecule has 2 aromatic heterocycles. The van der Waals surface area contributed by atoms with Crippen LogP contribution < -0.4 is 4.90 Å². The summed E-state index contributed by atoms with van der Waals surface area (Å²) in [4.78, 5) is 26.1. The molecule has 1 amide bonds. The van der Waals surface area contributed by atoms with Gasteiger partial charge in [-0.15, -0.1) is 0 Å². The van der Waals surface area contributed by atoms with Gasteiger partial charge in [0.05, 0.1) is 12.1 Å².